The van der Waals surface area contributed by atoms with Crippen LogP contribution in [0.15, 0.2) is 237 Å². The molecule has 11 aromatic rings. The van der Waals surface area contributed by atoms with Crippen molar-refractivity contribution in [2.45, 2.75) is 43.9 Å². The Kier molecular flexibility index (Phi) is 8.46. The van der Waals surface area contributed by atoms with Gasteiger partial charge in [-0.25, -0.2) is 0 Å². The van der Waals surface area contributed by atoms with Gasteiger partial charge >= 0.3 is 0 Å². The molecule has 1 heteroatoms. The number of rotatable bonds is 5. The fourth-order valence-corrected chi connectivity index (χ4v) is 14.0. The standard InChI is InChI=1S/C71H51N/c1-69(2)60-24-12-7-22-55(60)59-41-46(33-40-62(59)69)44-29-34-48(35-30-44)72(49-36-31-45(32-37-49)58-42-47-17-5-6-18-51(47)68-67(58)57-23-11-13-25-61(57)70(68,3)4)50-38-39-56-54-21-10-16-28-65(54)71(66(56)43-50)63-26-14-8-19-52(63)53-20-9-15-27-64(53)71/h5-43H,1-4H3. The lowest BCUT2D eigenvalue weighted by Crippen LogP contribution is -2.26. The zero-order chi connectivity index (χ0) is 48.1. The molecule has 0 aromatic heterocycles. The molecule has 4 aliphatic rings. The molecule has 1 spiro atoms. The van der Waals surface area contributed by atoms with Crippen molar-refractivity contribution in [1.82, 2.24) is 0 Å². The normalized spacial score (nSPS) is 15.0. The fourth-order valence-electron chi connectivity index (χ4n) is 14.0. The molecule has 0 bridgehead atoms. The predicted octanol–water partition coefficient (Wildman–Crippen LogP) is 18.6. The van der Waals surface area contributed by atoms with Gasteiger partial charge in [0.25, 0.3) is 0 Å². The highest BCUT2D eigenvalue weighted by Gasteiger charge is 2.51. The Morgan fingerprint density at radius 1 is 0.278 bits per heavy atom. The highest BCUT2D eigenvalue weighted by atomic mass is 15.1. The predicted molar refractivity (Wildman–Crippen MR) is 301 cm³/mol. The third-order valence-corrected chi connectivity index (χ3v) is 17.3. The van der Waals surface area contributed by atoms with E-state index in [9.17, 15) is 0 Å². The van der Waals surface area contributed by atoms with Crippen LogP contribution in [0, 0.1) is 0 Å². The SMILES string of the molecule is CC1(C)c2ccccc2-c2cc(-c3ccc(N(c4ccc(-c5cc6ccccc6c6c5-c5ccccc5C6(C)C)cc4)c4ccc5c(c4)C4(c6ccccc6-c6ccccc64)c4ccccc4-5)cc3)ccc21. The van der Waals surface area contributed by atoms with Crippen molar-refractivity contribution in [3.63, 3.8) is 0 Å². The van der Waals surface area contributed by atoms with E-state index in [0.717, 1.165) is 17.1 Å². The van der Waals surface area contributed by atoms with Crippen LogP contribution in [0.25, 0.3) is 77.5 Å². The summed E-state index contributed by atoms with van der Waals surface area (Å²) < 4.78 is 0. The van der Waals surface area contributed by atoms with Gasteiger partial charge in [0.1, 0.15) is 0 Å². The summed E-state index contributed by atoms with van der Waals surface area (Å²) in [7, 11) is 0. The minimum absolute atomic E-state index is 0.0295. The van der Waals surface area contributed by atoms with Gasteiger partial charge in [-0.3, -0.25) is 0 Å². The zero-order valence-corrected chi connectivity index (χ0v) is 41.0. The lowest BCUT2D eigenvalue weighted by molar-refractivity contribution is 0.660. The minimum atomic E-state index is -0.449. The van der Waals surface area contributed by atoms with Gasteiger partial charge < -0.3 is 4.90 Å². The minimum Gasteiger partial charge on any atom is -0.310 e. The first-order chi connectivity index (χ1) is 35.2. The maximum absolute atomic E-state index is 2.50. The van der Waals surface area contributed by atoms with E-state index >= 15 is 0 Å². The second kappa shape index (κ2) is 14.8. The van der Waals surface area contributed by atoms with E-state index in [1.54, 1.807) is 0 Å². The average Bonchev–Trinajstić information content (AvgIpc) is 4.06. The van der Waals surface area contributed by atoms with Gasteiger partial charge in [-0.1, -0.05) is 216 Å². The lowest BCUT2D eigenvalue weighted by atomic mass is 9.70. The summed E-state index contributed by atoms with van der Waals surface area (Å²) in [6.45, 7) is 9.49. The van der Waals surface area contributed by atoms with Crippen LogP contribution in [0.5, 0.6) is 0 Å². The van der Waals surface area contributed by atoms with Gasteiger partial charge in [-0.15, -0.1) is 0 Å². The van der Waals surface area contributed by atoms with E-state index in [2.05, 4.69) is 269 Å². The Morgan fingerprint density at radius 3 is 1.33 bits per heavy atom. The number of nitrogens with zero attached hydrogens (tertiary/aromatic N) is 1. The van der Waals surface area contributed by atoms with Crippen molar-refractivity contribution in [3.05, 3.63) is 281 Å². The molecule has 0 fully saturated rings. The van der Waals surface area contributed by atoms with Gasteiger partial charge in [0.05, 0.1) is 5.41 Å². The first kappa shape index (κ1) is 41.3. The molecule has 0 saturated heterocycles. The highest BCUT2D eigenvalue weighted by Crippen LogP contribution is 2.64. The second-order valence-electron chi connectivity index (χ2n) is 21.5. The fraction of sp³-hybridized carbons (Fsp3) is 0.0986. The molecule has 0 radical (unpaired) electrons. The van der Waals surface area contributed by atoms with E-state index in [-0.39, 0.29) is 10.8 Å². The highest BCUT2D eigenvalue weighted by molar-refractivity contribution is 6.05. The number of benzene rings is 11. The summed E-state index contributed by atoms with van der Waals surface area (Å²) in [6, 6.07) is 89.6. The van der Waals surface area contributed by atoms with E-state index in [0.29, 0.717) is 0 Å². The molecule has 0 atom stereocenters. The van der Waals surface area contributed by atoms with Crippen LogP contribution < -0.4 is 4.90 Å². The van der Waals surface area contributed by atoms with Crippen LogP contribution in [-0.4, -0.2) is 0 Å². The van der Waals surface area contributed by atoms with Gasteiger partial charge in [0.15, 0.2) is 0 Å². The quantitative estimate of drug-likeness (QED) is 0.166. The van der Waals surface area contributed by atoms with Crippen molar-refractivity contribution in [3.8, 4) is 66.8 Å². The lowest BCUT2D eigenvalue weighted by Gasteiger charge is -2.32. The molecule has 11 aromatic carbocycles. The molecule has 72 heavy (non-hydrogen) atoms. The Labute approximate surface area is 422 Å². The number of hydrogen-bond donors (Lipinski definition) is 0. The van der Waals surface area contributed by atoms with E-state index in [1.807, 2.05) is 0 Å². The van der Waals surface area contributed by atoms with E-state index < -0.39 is 5.41 Å². The molecule has 340 valence electrons. The van der Waals surface area contributed by atoms with Crippen molar-refractivity contribution < 1.29 is 0 Å². The molecule has 1 nitrogen and oxygen atoms in total. The maximum atomic E-state index is 2.50. The Balaban J connectivity index is 0.909. The van der Waals surface area contributed by atoms with Crippen molar-refractivity contribution >= 4 is 27.8 Å². The van der Waals surface area contributed by atoms with Crippen LogP contribution in [0.1, 0.15) is 72.2 Å². The van der Waals surface area contributed by atoms with Crippen LogP contribution in [-0.2, 0) is 16.2 Å². The zero-order valence-electron chi connectivity index (χ0n) is 41.0. The van der Waals surface area contributed by atoms with Crippen molar-refractivity contribution in [2.75, 3.05) is 4.90 Å². The van der Waals surface area contributed by atoms with Crippen LogP contribution in [0.3, 0.4) is 0 Å². The summed E-state index contributed by atoms with van der Waals surface area (Å²) in [4.78, 5) is 2.47. The number of anilines is 3. The van der Waals surface area contributed by atoms with Gasteiger partial charge in [-0.2, -0.15) is 0 Å². The molecule has 0 saturated carbocycles. The smallest absolute Gasteiger partial charge is 0.0726 e. The largest absolute Gasteiger partial charge is 0.310 e. The third kappa shape index (κ3) is 5.43. The first-order valence-corrected chi connectivity index (χ1v) is 25.6. The van der Waals surface area contributed by atoms with Gasteiger partial charge in [0.2, 0.25) is 0 Å². The summed E-state index contributed by atoms with van der Waals surface area (Å²) in [6.07, 6.45) is 0. The Morgan fingerprint density at radius 2 is 0.722 bits per heavy atom. The molecule has 0 heterocycles. The molecule has 0 amide bonds. The second-order valence-corrected chi connectivity index (χ2v) is 21.5. The molecular formula is C71H51N. The summed E-state index contributed by atoms with van der Waals surface area (Å²) in [5.74, 6) is 0. The van der Waals surface area contributed by atoms with E-state index in [1.165, 1.54) is 122 Å². The van der Waals surface area contributed by atoms with Crippen LogP contribution in [0.2, 0.25) is 0 Å². The molecule has 0 aliphatic heterocycles. The number of fused-ring (bicyclic) bond motifs is 18. The average molecular weight is 918 g/mol. The van der Waals surface area contributed by atoms with Crippen molar-refractivity contribution in [2.24, 2.45) is 0 Å². The molecule has 0 unspecified atom stereocenters. The van der Waals surface area contributed by atoms with Gasteiger partial charge in [0, 0.05) is 27.9 Å². The van der Waals surface area contributed by atoms with Crippen LogP contribution >= 0.6 is 0 Å². The van der Waals surface area contributed by atoms with Crippen LogP contribution in [0.4, 0.5) is 17.1 Å². The monoisotopic (exact) mass is 917 g/mol. The first-order valence-electron chi connectivity index (χ1n) is 25.6. The molecule has 0 N–H and O–H groups in total. The third-order valence-electron chi connectivity index (χ3n) is 17.3. The van der Waals surface area contributed by atoms with Crippen molar-refractivity contribution in [1.29, 1.82) is 0 Å². The topological polar surface area (TPSA) is 3.24 Å². The van der Waals surface area contributed by atoms with Gasteiger partial charge in [-0.05, 0) is 171 Å². The summed E-state index contributed by atoms with van der Waals surface area (Å²) >= 11 is 0. The molecular weight excluding hydrogens is 867 g/mol. The summed E-state index contributed by atoms with van der Waals surface area (Å²) in [5, 5.41) is 2.61. The Bertz CT molecular complexity index is 4030. The molecule has 4 aliphatic carbocycles. The number of hydrogen-bond acceptors (Lipinski definition) is 1. The molecule has 15 rings (SSSR count). The summed E-state index contributed by atoms with van der Waals surface area (Å²) in [5.41, 5.74) is 29.2. The maximum Gasteiger partial charge on any atom is 0.0726 e. The Hall–Kier alpha value is -8.52. The van der Waals surface area contributed by atoms with E-state index in [4.69, 9.17) is 0 Å².